The summed E-state index contributed by atoms with van der Waals surface area (Å²) in [6.45, 7) is 7.83. The van der Waals surface area contributed by atoms with Gasteiger partial charge < -0.3 is 19.8 Å². The molecular weight excluding hydrogens is 296 g/mol. The number of carbonyl (C=O) groups excluding carboxylic acids is 2. The lowest BCUT2D eigenvalue weighted by Crippen LogP contribution is -2.38. The first kappa shape index (κ1) is 17.4. The number of carbonyl (C=O) groups is 2. The Bertz CT molecular complexity index is 559. The van der Waals surface area contributed by atoms with E-state index in [1.54, 1.807) is 6.26 Å². The molecule has 6 nitrogen and oxygen atoms in total. The number of rotatable bonds is 4. The minimum Gasteiger partial charge on any atom is -0.469 e. The zero-order valence-corrected chi connectivity index (χ0v) is 14.3. The molecule has 0 unspecified atom stereocenters. The van der Waals surface area contributed by atoms with E-state index in [1.165, 1.54) is 0 Å². The van der Waals surface area contributed by atoms with Crippen LogP contribution in [0.3, 0.4) is 0 Å². The van der Waals surface area contributed by atoms with Crippen LogP contribution in [0, 0.1) is 12.8 Å². The fourth-order valence-electron chi connectivity index (χ4n) is 2.75. The molecule has 128 valence electrons. The number of aryl methyl sites for hydroxylation is 1. The summed E-state index contributed by atoms with van der Waals surface area (Å²) in [7, 11) is 0. The molecule has 2 amide bonds. The van der Waals surface area contributed by atoms with Gasteiger partial charge in [0.15, 0.2) is 0 Å². The molecule has 0 aliphatic heterocycles. The molecule has 1 aromatic heterocycles. The smallest absolute Gasteiger partial charge is 0.407 e. The van der Waals surface area contributed by atoms with Crippen LogP contribution in [-0.4, -0.2) is 23.6 Å². The van der Waals surface area contributed by atoms with Crippen LogP contribution >= 0.6 is 0 Å². The number of amides is 2. The highest BCUT2D eigenvalue weighted by Crippen LogP contribution is 2.26. The van der Waals surface area contributed by atoms with Crippen molar-refractivity contribution in [3.63, 3.8) is 0 Å². The second-order valence-corrected chi connectivity index (χ2v) is 7.07. The van der Waals surface area contributed by atoms with E-state index in [9.17, 15) is 9.59 Å². The summed E-state index contributed by atoms with van der Waals surface area (Å²) in [6.07, 6.45) is 3.42. The summed E-state index contributed by atoms with van der Waals surface area (Å²) >= 11 is 0. The third-order valence-corrected chi connectivity index (χ3v) is 3.94. The van der Waals surface area contributed by atoms with Crippen LogP contribution in [0.4, 0.5) is 4.79 Å². The second kappa shape index (κ2) is 7.06. The van der Waals surface area contributed by atoms with Gasteiger partial charge in [0, 0.05) is 24.1 Å². The summed E-state index contributed by atoms with van der Waals surface area (Å²) in [5, 5.41) is 5.78. The van der Waals surface area contributed by atoms with E-state index in [1.807, 2.05) is 33.8 Å². The lowest BCUT2D eigenvalue weighted by Gasteiger charge is -2.21. The molecule has 1 aromatic rings. The van der Waals surface area contributed by atoms with Crippen LogP contribution < -0.4 is 10.6 Å². The Morgan fingerprint density at radius 3 is 2.70 bits per heavy atom. The van der Waals surface area contributed by atoms with Gasteiger partial charge >= 0.3 is 6.09 Å². The van der Waals surface area contributed by atoms with Gasteiger partial charge in [0.25, 0.3) is 0 Å². The molecule has 2 rings (SSSR count). The van der Waals surface area contributed by atoms with Gasteiger partial charge in [-0.25, -0.2) is 4.79 Å². The zero-order chi connectivity index (χ0) is 17.0. The van der Waals surface area contributed by atoms with Gasteiger partial charge in [-0.05, 0) is 53.0 Å². The van der Waals surface area contributed by atoms with E-state index in [0.717, 1.165) is 24.2 Å². The van der Waals surface area contributed by atoms with E-state index >= 15 is 0 Å². The number of ether oxygens (including phenoxy) is 1. The highest BCUT2D eigenvalue weighted by Gasteiger charge is 2.31. The third-order valence-electron chi connectivity index (χ3n) is 3.94. The van der Waals surface area contributed by atoms with Crippen LogP contribution in [-0.2, 0) is 16.1 Å². The van der Waals surface area contributed by atoms with Crippen molar-refractivity contribution in [3.05, 3.63) is 23.7 Å². The predicted molar refractivity (Wildman–Crippen MR) is 85.8 cm³/mol. The summed E-state index contributed by atoms with van der Waals surface area (Å²) in [5.41, 5.74) is 0.474. The molecular formula is C17H26N2O4. The first-order valence-electron chi connectivity index (χ1n) is 8.05. The normalized spacial score (nSPS) is 21.0. The van der Waals surface area contributed by atoms with Crippen molar-refractivity contribution in [1.29, 1.82) is 0 Å². The highest BCUT2D eigenvalue weighted by atomic mass is 16.6. The van der Waals surface area contributed by atoms with Gasteiger partial charge in [-0.2, -0.15) is 0 Å². The number of hydrogen-bond acceptors (Lipinski definition) is 4. The number of furan rings is 1. The van der Waals surface area contributed by atoms with Crippen molar-refractivity contribution in [1.82, 2.24) is 10.6 Å². The molecule has 2 N–H and O–H groups in total. The molecule has 0 radical (unpaired) electrons. The first-order valence-corrected chi connectivity index (χ1v) is 8.05. The molecule has 2 atom stereocenters. The molecule has 1 saturated carbocycles. The summed E-state index contributed by atoms with van der Waals surface area (Å²) < 4.78 is 10.5. The first-order chi connectivity index (χ1) is 10.7. The van der Waals surface area contributed by atoms with E-state index in [-0.39, 0.29) is 17.9 Å². The zero-order valence-electron chi connectivity index (χ0n) is 14.3. The fraction of sp³-hybridized carbons (Fsp3) is 0.647. The van der Waals surface area contributed by atoms with Gasteiger partial charge in [0.1, 0.15) is 11.4 Å². The quantitative estimate of drug-likeness (QED) is 0.893. The standard InChI is InChI=1S/C17H26N2O4/c1-11-13(7-8-22-11)10-18-15(20)12-5-6-14(9-12)19-16(21)23-17(2,3)4/h7-8,12,14H,5-6,9-10H2,1-4H3,(H,18,20)(H,19,21)/t12-,14-/m1/s1. The summed E-state index contributed by atoms with van der Waals surface area (Å²) in [6, 6.07) is 1.85. The minimum absolute atomic E-state index is 0.00346. The number of nitrogens with one attached hydrogen (secondary N) is 2. The second-order valence-electron chi connectivity index (χ2n) is 7.07. The Kier molecular flexibility index (Phi) is 5.34. The van der Waals surface area contributed by atoms with Crippen molar-refractivity contribution in [2.45, 2.75) is 65.1 Å². The molecule has 6 heteroatoms. The van der Waals surface area contributed by atoms with E-state index < -0.39 is 11.7 Å². The Labute approximate surface area is 137 Å². The number of alkyl carbamates (subject to hydrolysis) is 1. The largest absolute Gasteiger partial charge is 0.469 e. The fourth-order valence-corrected chi connectivity index (χ4v) is 2.75. The average Bonchev–Trinajstić information content (AvgIpc) is 3.03. The monoisotopic (exact) mass is 322 g/mol. The average molecular weight is 322 g/mol. The van der Waals surface area contributed by atoms with Crippen molar-refractivity contribution >= 4 is 12.0 Å². The van der Waals surface area contributed by atoms with Crippen LogP contribution in [0.15, 0.2) is 16.7 Å². The van der Waals surface area contributed by atoms with Crippen LogP contribution in [0.1, 0.15) is 51.4 Å². The maximum Gasteiger partial charge on any atom is 0.407 e. The lowest BCUT2D eigenvalue weighted by molar-refractivity contribution is -0.125. The van der Waals surface area contributed by atoms with Crippen LogP contribution in [0.5, 0.6) is 0 Å². The topological polar surface area (TPSA) is 80.6 Å². The van der Waals surface area contributed by atoms with Crippen molar-refractivity contribution in [2.75, 3.05) is 0 Å². The summed E-state index contributed by atoms with van der Waals surface area (Å²) in [4.78, 5) is 24.0. The maximum absolute atomic E-state index is 12.2. The van der Waals surface area contributed by atoms with E-state index in [4.69, 9.17) is 9.15 Å². The minimum atomic E-state index is -0.512. The molecule has 1 aliphatic carbocycles. The summed E-state index contributed by atoms with van der Waals surface area (Å²) in [5.74, 6) is 0.780. The Morgan fingerprint density at radius 1 is 1.35 bits per heavy atom. The van der Waals surface area contributed by atoms with Gasteiger partial charge in [0.05, 0.1) is 6.26 Å². The Balaban J connectivity index is 1.75. The van der Waals surface area contributed by atoms with Crippen molar-refractivity contribution < 1.29 is 18.7 Å². The molecule has 1 heterocycles. The molecule has 0 bridgehead atoms. The molecule has 23 heavy (non-hydrogen) atoms. The molecule has 0 saturated heterocycles. The molecule has 0 spiro atoms. The predicted octanol–water partition coefficient (Wildman–Crippen LogP) is 2.90. The lowest BCUT2D eigenvalue weighted by atomic mass is 10.1. The maximum atomic E-state index is 12.2. The van der Waals surface area contributed by atoms with Gasteiger partial charge in [-0.15, -0.1) is 0 Å². The van der Waals surface area contributed by atoms with Crippen LogP contribution in [0.2, 0.25) is 0 Å². The number of hydrogen-bond donors (Lipinski definition) is 2. The van der Waals surface area contributed by atoms with Crippen molar-refractivity contribution in [2.24, 2.45) is 5.92 Å². The highest BCUT2D eigenvalue weighted by molar-refractivity contribution is 5.79. The van der Waals surface area contributed by atoms with Gasteiger partial charge in [0.2, 0.25) is 5.91 Å². The SMILES string of the molecule is Cc1occc1CNC(=O)[C@@H]1CC[C@@H](NC(=O)OC(C)(C)C)C1. The Morgan fingerprint density at radius 2 is 2.09 bits per heavy atom. The van der Waals surface area contributed by atoms with Crippen molar-refractivity contribution in [3.8, 4) is 0 Å². The van der Waals surface area contributed by atoms with E-state index in [0.29, 0.717) is 13.0 Å². The Hall–Kier alpha value is -1.98. The molecule has 0 aromatic carbocycles. The van der Waals surface area contributed by atoms with Crippen LogP contribution in [0.25, 0.3) is 0 Å². The third kappa shape index (κ3) is 5.30. The van der Waals surface area contributed by atoms with Gasteiger partial charge in [-0.1, -0.05) is 0 Å². The van der Waals surface area contributed by atoms with Gasteiger partial charge in [-0.3, -0.25) is 4.79 Å². The molecule has 1 fully saturated rings. The molecule has 1 aliphatic rings. The van der Waals surface area contributed by atoms with E-state index in [2.05, 4.69) is 10.6 Å².